The van der Waals surface area contributed by atoms with Crippen LogP contribution in [0.5, 0.6) is 0 Å². The van der Waals surface area contributed by atoms with E-state index < -0.39 is 11.7 Å². The van der Waals surface area contributed by atoms with Crippen molar-refractivity contribution in [3.05, 3.63) is 71.1 Å². The molecule has 5 aromatic rings. The van der Waals surface area contributed by atoms with Crippen LogP contribution in [0, 0.1) is 0 Å². The van der Waals surface area contributed by atoms with Gasteiger partial charge in [0.15, 0.2) is 5.65 Å². The molecule has 1 aromatic carbocycles. The summed E-state index contributed by atoms with van der Waals surface area (Å²) in [4.78, 5) is 18.2. The Morgan fingerprint density at radius 1 is 1.03 bits per heavy atom. The zero-order chi connectivity index (χ0) is 24.2. The summed E-state index contributed by atoms with van der Waals surface area (Å²) in [5.74, 6) is -4.04. The van der Waals surface area contributed by atoms with Gasteiger partial charge in [0.2, 0.25) is 5.82 Å². The monoisotopic (exact) mass is 494 g/mol. The quantitative estimate of drug-likeness (QED) is 0.374. The Hall–Kier alpha value is -3.70. The van der Waals surface area contributed by atoms with Gasteiger partial charge in [-0.1, -0.05) is 0 Å². The maximum absolute atomic E-state index is 15.5. The molecule has 0 spiro atoms. The van der Waals surface area contributed by atoms with Gasteiger partial charge in [0, 0.05) is 37.1 Å². The van der Waals surface area contributed by atoms with E-state index in [0.29, 0.717) is 39.5 Å². The van der Waals surface area contributed by atoms with E-state index in [1.165, 1.54) is 35.8 Å². The summed E-state index contributed by atoms with van der Waals surface area (Å²) in [5.41, 5.74) is 0.958. The first-order valence-corrected chi connectivity index (χ1v) is 11.9. The summed E-state index contributed by atoms with van der Waals surface area (Å²) < 4.78 is 37.4. The molecule has 1 amide bonds. The van der Waals surface area contributed by atoms with Crippen molar-refractivity contribution in [3.63, 3.8) is 0 Å². The van der Waals surface area contributed by atoms with E-state index in [2.05, 4.69) is 20.2 Å². The second-order valence-corrected chi connectivity index (χ2v) is 9.60. The predicted molar refractivity (Wildman–Crippen MR) is 127 cm³/mol. The molecule has 0 bridgehead atoms. The molecule has 1 saturated heterocycles. The number of furan rings is 1. The molecular weight excluding hydrogens is 474 g/mol. The number of nitrogens with zero attached hydrogens (tertiary/aromatic N) is 6. The number of hydrogen-bond donors (Lipinski definition) is 0. The van der Waals surface area contributed by atoms with Crippen molar-refractivity contribution in [1.29, 1.82) is 0 Å². The highest BCUT2D eigenvalue weighted by Crippen LogP contribution is 2.36. The number of fused-ring (bicyclic) bond motifs is 2. The lowest BCUT2D eigenvalue weighted by Crippen LogP contribution is -2.46. The van der Waals surface area contributed by atoms with Gasteiger partial charge in [-0.15, -0.1) is 21.5 Å². The minimum atomic E-state index is -3.44. The zero-order valence-electron chi connectivity index (χ0n) is 18.7. The lowest BCUT2D eigenvalue weighted by Gasteiger charge is -2.32. The van der Waals surface area contributed by atoms with Gasteiger partial charge in [-0.05, 0) is 55.6 Å². The van der Waals surface area contributed by atoms with Gasteiger partial charge in [0.25, 0.3) is 5.91 Å². The number of hydrogen-bond acceptors (Lipinski definition) is 7. The molecule has 1 fully saturated rings. The molecule has 0 aliphatic carbocycles. The fraction of sp³-hybridized carbons (Fsp3) is 0.250. The van der Waals surface area contributed by atoms with Crippen molar-refractivity contribution in [1.82, 2.24) is 29.6 Å². The van der Waals surface area contributed by atoms with Crippen LogP contribution in [-0.4, -0.2) is 68.7 Å². The highest BCUT2D eigenvalue weighted by Gasteiger charge is 2.40. The lowest BCUT2D eigenvalue weighted by molar-refractivity contribution is 0.0307. The minimum absolute atomic E-state index is 0.0263. The molecule has 6 rings (SSSR count). The molecule has 0 unspecified atom stereocenters. The topological polar surface area (TPSA) is 79.8 Å². The molecule has 0 N–H and O–H groups in total. The van der Waals surface area contributed by atoms with E-state index in [4.69, 9.17) is 4.42 Å². The van der Waals surface area contributed by atoms with Gasteiger partial charge < -0.3 is 14.2 Å². The molecule has 8 nitrogen and oxygen atoms in total. The normalized spacial score (nSPS) is 15.3. The predicted octanol–water partition coefficient (Wildman–Crippen LogP) is 4.13. The third-order valence-corrected chi connectivity index (χ3v) is 7.31. The third kappa shape index (κ3) is 3.76. The number of halogens is 2. The first kappa shape index (κ1) is 21.8. The summed E-state index contributed by atoms with van der Waals surface area (Å²) in [5, 5.41) is 12.6. The summed E-state index contributed by atoms with van der Waals surface area (Å²) in [6.45, 7) is 3.02. The first-order chi connectivity index (χ1) is 16.9. The lowest BCUT2D eigenvalue weighted by atomic mass is 10.1. The number of rotatable bonds is 4. The van der Waals surface area contributed by atoms with Crippen LogP contribution in [0.15, 0.2) is 59.2 Å². The Morgan fingerprint density at radius 2 is 1.86 bits per heavy atom. The highest BCUT2D eigenvalue weighted by molar-refractivity contribution is 7.17. The average Bonchev–Trinajstić information content (AvgIpc) is 3.62. The Morgan fingerprint density at radius 3 is 2.69 bits per heavy atom. The molecule has 0 atom stereocenters. The summed E-state index contributed by atoms with van der Waals surface area (Å²) in [6.07, 6.45) is 1.46. The van der Waals surface area contributed by atoms with E-state index in [0.717, 1.165) is 17.6 Å². The molecule has 178 valence electrons. The molecule has 0 saturated carbocycles. The number of carbonyl (C=O) groups excluding carboxylic acids is 1. The van der Waals surface area contributed by atoms with Gasteiger partial charge in [-0.2, -0.15) is 18.4 Å². The summed E-state index contributed by atoms with van der Waals surface area (Å²) in [7, 11) is 2.03. The number of amides is 1. The van der Waals surface area contributed by atoms with Crippen molar-refractivity contribution in [3.8, 4) is 10.6 Å². The van der Waals surface area contributed by atoms with E-state index in [1.54, 1.807) is 30.3 Å². The van der Waals surface area contributed by atoms with Gasteiger partial charge in [0.1, 0.15) is 11.3 Å². The van der Waals surface area contributed by atoms with Crippen LogP contribution in [0.3, 0.4) is 0 Å². The fourth-order valence-electron chi connectivity index (χ4n) is 4.16. The maximum atomic E-state index is 15.5. The number of piperazine rings is 1. The standard InChI is InChI=1S/C24H20F2N6O2S/c1-30-9-11-31(12-10-30)22(33)20-6-5-19(35-20)17-3-7-21-27-28-23(32(21)29-17)24(25,26)16-2-4-18-15(14-16)8-13-34-18/h2-8,13-14H,9-12H2,1H3. The largest absolute Gasteiger partial charge is 0.464 e. The average molecular weight is 495 g/mol. The van der Waals surface area contributed by atoms with Crippen LogP contribution in [0.2, 0.25) is 0 Å². The van der Waals surface area contributed by atoms with Crippen LogP contribution in [0.25, 0.3) is 27.2 Å². The van der Waals surface area contributed by atoms with E-state index in [1.807, 2.05) is 11.9 Å². The molecule has 4 aromatic heterocycles. The number of carbonyl (C=O) groups is 1. The SMILES string of the molecule is CN1CCN(C(=O)c2ccc(-c3ccc4nnc(C(F)(F)c5ccc6occc6c5)n4n3)s2)CC1. The van der Waals surface area contributed by atoms with Crippen LogP contribution < -0.4 is 0 Å². The van der Waals surface area contributed by atoms with Crippen molar-refractivity contribution in [2.24, 2.45) is 0 Å². The molecule has 0 radical (unpaired) electrons. The Labute approximate surface area is 202 Å². The Kier molecular flexibility index (Phi) is 5.11. The van der Waals surface area contributed by atoms with Crippen molar-refractivity contribution >= 4 is 33.9 Å². The van der Waals surface area contributed by atoms with Gasteiger partial charge in [-0.3, -0.25) is 4.79 Å². The maximum Gasteiger partial charge on any atom is 0.333 e. The van der Waals surface area contributed by atoms with Gasteiger partial charge in [-0.25, -0.2) is 0 Å². The highest BCUT2D eigenvalue weighted by atomic mass is 32.1. The molecular formula is C24H20F2N6O2S. The Balaban J connectivity index is 1.33. The fourth-order valence-corrected chi connectivity index (χ4v) is 5.10. The number of thiophene rings is 1. The summed E-state index contributed by atoms with van der Waals surface area (Å²) >= 11 is 1.29. The smallest absolute Gasteiger partial charge is 0.333 e. The van der Waals surface area contributed by atoms with Crippen molar-refractivity contribution in [2.45, 2.75) is 5.92 Å². The zero-order valence-corrected chi connectivity index (χ0v) is 19.5. The van der Waals surface area contributed by atoms with Crippen LogP contribution in [-0.2, 0) is 5.92 Å². The van der Waals surface area contributed by atoms with Crippen LogP contribution in [0.4, 0.5) is 8.78 Å². The molecule has 1 aliphatic rings. The Bertz CT molecular complexity index is 1550. The van der Waals surface area contributed by atoms with Gasteiger partial charge >= 0.3 is 5.92 Å². The van der Waals surface area contributed by atoms with Crippen molar-refractivity contribution < 1.29 is 18.0 Å². The van der Waals surface area contributed by atoms with Crippen LogP contribution in [0.1, 0.15) is 21.1 Å². The number of benzene rings is 1. The third-order valence-electron chi connectivity index (χ3n) is 6.22. The van der Waals surface area contributed by atoms with E-state index in [9.17, 15) is 4.79 Å². The minimum Gasteiger partial charge on any atom is -0.464 e. The molecule has 11 heteroatoms. The first-order valence-electron chi connectivity index (χ1n) is 11.1. The number of likely N-dealkylation sites (N-methyl/N-ethyl adjacent to an activating group) is 1. The molecule has 1 aliphatic heterocycles. The van der Waals surface area contributed by atoms with E-state index >= 15 is 8.78 Å². The molecule has 5 heterocycles. The summed E-state index contributed by atoms with van der Waals surface area (Å²) in [6, 6.07) is 12.7. The number of aromatic nitrogens is 4. The van der Waals surface area contributed by atoms with Gasteiger partial charge in [0.05, 0.1) is 16.0 Å². The van der Waals surface area contributed by atoms with Crippen molar-refractivity contribution in [2.75, 3.05) is 33.2 Å². The second-order valence-electron chi connectivity index (χ2n) is 8.52. The van der Waals surface area contributed by atoms with Crippen LogP contribution >= 0.6 is 11.3 Å². The molecule has 35 heavy (non-hydrogen) atoms. The second kappa shape index (κ2) is 8.21. The number of alkyl halides is 2. The van der Waals surface area contributed by atoms with E-state index in [-0.39, 0.29) is 17.1 Å².